The lowest BCUT2D eigenvalue weighted by molar-refractivity contribution is -0.128. The molecule has 1 aliphatic carbocycles. The van der Waals surface area contributed by atoms with Crippen molar-refractivity contribution in [3.8, 4) is 5.75 Å². The van der Waals surface area contributed by atoms with E-state index in [4.69, 9.17) is 9.47 Å². The summed E-state index contributed by atoms with van der Waals surface area (Å²) in [6, 6.07) is 5.50. The third kappa shape index (κ3) is 2.17. The van der Waals surface area contributed by atoms with E-state index in [0.29, 0.717) is 13.2 Å². The summed E-state index contributed by atoms with van der Waals surface area (Å²) in [6.07, 6.45) is 2.35. The summed E-state index contributed by atoms with van der Waals surface area (Å²) in [5, 5.41) is 9.26. The molecule has 20 heavy (non-hydrogen) atoms. The highest BCUT2D eigenvalue weighted by atomic mass is 16.5. The molecule has 0 saturated heterocycles. The van der Waals surface area contributed by atoms with Crippen molar-refractivity contribution in [2.45, 2.75) is 31.5 Å². The minimum atomic E-state index is -0.624. The molecule has 108 valence electrons. The Morgan fingerprint density at radius 3 is 2.90 bits per heavy atom. The van der Waals surface area contributed by atoms with E-state index in [-0.39, 0.29) is 12.5 Å². The zero-order valence-electron chi connectivity index (χ0n) is 11.6. The maximum atomic E-state index is 12.6. The molecule has 0 unspecified atom stereocenters. The number of amides is 1. The van der Waals surface area contributed by atoms with Crippen molar-refractivity contribution in [3.05, 3.63) is 23.8 Å². The molecule has 1 aromatic rings. The number of hydrogen-bond donors (Lipinski definition) is 1. The molecule has 1 aliphatic heterocycles. The number of methoxy groups -OCH3 is 1. The third-order valence-electron chi connectivity index (χ3n) is 3.87. The van der Waals surface area contributed by atoms with Crippen LogP contribution in [0.2, 0.25) is 0 Å². The fourth-order valence-corrected chi connectivity index (χ4v) is 2.59. The van der Waals surface area contributed by atoms with Crippen LogP contribution in [0.25, 0.3) is 0 Å². The van der Waals surface area contributed by atoms with Crippen LogP contribution < -0.4 is 9.64 Å². The van der Waals surface area contributed by atoms with Crippen LogP contribution in [0.1, 0.15) is 24.8 Å². The fourth-order valence-electron chi connectivity index (χ4n) is 2.59. The molecule has 0 bridgehead atoms. The summed E-state index contributed by atoms with van der Waals surface area (Å²) in [7, 11) is 1.65. The average Bonchev–Trinajstić information content (AvgIpc) is 3.23. The third-order valence-corrected chi connectivity index (χ3v) is 3.87. The maximum absolute atomic E-state index is 12.6. The zero-order chi connectivity index (χ0) is 14.2. The van der Waals surface area contributed by atoms with Crippen molar-refractivity contribution in [2.75, 3.05) is 25.2 Å². The van der Waals surface area contributed by atoms with Gasteiger partial charge in [0.15, 0.2) is 5.60 Å². The van der Waals surface area contributed by atoms with Crippen LogP contribution in [-0.4, -0.2) is 36.9 Å². The van der Waals surface area contributed by atoms with Gasteiger partial charge in [-0.2, -0.15) is 0 Å². The number of aliphatic hydroxyl groups excluding tert-OH is 1. The topological polar surface area (TPSA) is 59.0 Å². The number of carbonyl (C=O) groups excluding carboxylic acids is 1. The molecular formula is C15H19NO4. The molecule has 0 aromatic heterocycles. The Kier molecular flexibility index (Phi) is 3.40. The molecular weight excluding hydrogens is 258 g/mol. The van der Waals surface area contributed by atoms with Gasteiger partial charge in [-0.25, -0.2) is 0 Å². The van der Waals surface area contributed by atoms with Gasteiger partial charge in [-0.15, -0.1) is 0 Å². The number of benzene rings is 1. The number of anilines is 1. The summed E-state index contributed by atoms with van der Waals surface area (Å²) in [5.74, 6) is 0.771. The van der Waals surface area contributed by atoms with E-state index >= 15 is 0 Å². The van der Waals surface area contributed by atoms with Crippen LogP contribution >= 0.6 is 0 Å². The van der Waals surface area contributed by atoms with E-state index in [9.17, 15) is 9.90 Å². The molecule has 1 saturated carbocycles. The number of carbonyl (C=O) groups is 1. The molecule has 1 spiro atoms. The largest absolute Gasteiger partial charge is 0.475 e. The molecule has 1 heterocycles. The predicted molar refractivity (Wildman–Crippen MR) is 73.8 cm³/mol. The summed E-state index contributed by atoms with van der Waals surface area (Å²) >= 11 is 0. The quantitative estimate of drug-likeness (QED) is 0.828. The maximum Gasteiger partial charge on any atom is 0.271 e. The fraction of sp³-hybridized carbons (Fsp3) is 0.533. The first-order valence-corrected chi connectivity index (χ1v) is 6.94. The highest BCUT2D eigenvalue weighted by Crippen LogP contribution is 2.49. The standard InChI is InChI=1S/C15H19NO4/c1-19-8-2-7-16-12-9-11(10-17)3-4-13(12)20-15(5-6-15)14(16)18/h3-4,9,17H,2,5-8,10H2,1H3. The second-order valence-corrected chi connectivity index (χ2v) is 5.36. The average molecular weight is 277 g/mol. The van der Waals surface area contributed by atoms with Gasteiger partial charge in [0.05, 0.1) is 12.3 Å². The Labute approximate surface area is 118 Å². The monoisotopic (exact) mass is 277 g/mol. The number of ether oxygens (including phenoxy) is 2. The van der Waals surface area contributed by atoms with Crippen molar-refractivity contribution in [1.82, 2.24) is 0 Å². The van der Waals surface area contributed by atoms with Crippen molar-refractivity contribution in [1.29, 1.82) is 0 Å². The molecule has 1 N–H and O–H groups in total. The van der Waals surface area contributed by atoms with Crippen LogP contribution in [0, 0.1) is 0 Å². The molecule has 5 heteroatoms. The Balaban J connectivity index is 1.91. The number of nitrogens with zero attached hydrogens (tertiary/aromatic N) is 1. The van der Waals surface area contributed by atoms with Crippen molar-refractivity contribution >= 4 is 11.6 Å². The zero-order valence-corrected chi connectivity index (χ0v) is 11.6. The normalized spacial score (nSPS) is 18.9. The molecule has 3 rings (SSSR count). The molecule has 1 fully saturated rings. The Morgan fingerprint density at radius 1 is 1.45 bits per heavy atom. The molecule has 1 aromatic carbocycles. The first-order chi connectivity index (χ1) is 9.70. The SMILES string of the molecule is COCCCN1C(=O)C2(CC2)Oc2ccc(CO)cc21. The predicted octanol–water partition coefficient (Wildman–Crippen LogP) is 1.47. The summed E-state index contributed by atoms with van der Waals surface area (Å²) in [6.45, 7) is 1.19. The van der Waals surface area contributed by atoms with E-state index in [1.165, 1.54) is 0 Å². The number of hydrogen-bond acceptors (Lipinski definition) is 4. The highest BCUT2D eigenvalue weighted by Gasteiger charge is 2.57. The van der Waals surface area contributed by atoms with Gasteiger partial charge in [-0.05, 0) is 24.1 Å². The lowest BCUT2D eigenvalue weighted by Gasteiger charge is -2.35. The Morgan fingerprint density at radius 2 is 2.25 bits per heavy atom. The van der Waals surface area contributed by atoms with Gasteiger partial charge in [0.1, 0.15) is 5.75 Å². The van der Waals surface area contributed by atoms with Crippen LogP contribution in [0.5, 0.6) is 5.75 Å². The van der Waals surface area contributed by atoms with Crippen molar-refractivity contribution < 1.29 is 19.4 Å². The van der Waals surface area contributed by atoms with Gasteiger partial charge < -0.3 is 19.5 Å². The second-order valence-electron chi connectivity index (χ2n) is 5.36. The van der Waals surface area contributed by atoms with Crippen LogP contribution in [0.3, 0.4) is 0 Å². The van der Waals surface area contributed by atoms with E-state index in [1.807, 2.05) is 18.2 Å². The van der Waals surface area contributed by atoms with Crippen LogP contribution in [0.15, 0.2) is 18.2 Å². The molecule has 2 aliphatic rings. The van der Waals surface area contributed by atoms with E-state index in [2.05, 4.69) is 0 Å². The Bertz CT molecular complexity index is 525. The lowest BCUT2D eigenvalue weighted by atomic mass is 10.1. The van der Waals surface area contributed by atoms with Gasteiger partial charge in [-0.3, -0.25) is 4.79 Å². The van der Waals surface area contributed by atoms with Gasteiger partial charge >= 0.3 is 0 Å². The molecule has 0 atom stereocenters. The molecule has 5 nitrogen and oxygen atoms in total. The number of fused-ring (bicyclic) bond motifs is 1. The second kappa shape index (κ2) is 5.07. The lowest BCUT2D eigenvalue weighted by Crippen LogP contribution is -2.48. The first kappa shape index (κ1) is 13.4. The minimum Gasteiger partial charge on any atom is -0.475 e. The van der Waals surface area contributed by atoms with Gasteiger partial charge in [0.25, 0.3) is 5.91 Å². The number of aliphatic hydroxyl groups is 1. The van der Waals surface area contributed by atoms with Gasteiger partial charge in [0.2, 0.25) is 0 Å². The van der Waals surface area contributed by atoms with Crippen molar-refractivity contribution in [2.24, 2.45) is 0 Å². The van der Waals surface area contributed by atoms with E-state index in [0.717, 1.165) is 36.3 Å². The van der Waals surface area contributed by atoms with Crippen LogP contribution in [-0.2, 0) is 16.1 Å². The number of rotatable bonds is 5. The Hall–Kier alpha value is -1.59. The first-order valence-electron chi connectivity index (χ1n) is 6.94. The summed E-state index contributed by atoms with van der Waals surface area (Å²) in [5.41, 5.74) is 0.916. The van der Waals surface area contributed by atoms with Crippen LogP contribution in [0.4, 0.5) is 5.69 Å². The molecule has 1 amide bonds. The highest BCUT2D eigenvalue weighted by molar-refractivity contribution is 6.04. The summed E-state index contributed by atoms with van der Waals surface area (Å²) < 4.78 is 10.9. The molecule has 0 radical (unpaired) electrons. The minimum absolute atomic E-state index is 0.0381. The summed E-state index contributed by atoms with van der Waals surface area (Å²) in [4.78, 5) is 14.3. The smallest absolute Gasteiger partial charge is 0.271 e. The van der Waals surface area contributed by atoms with E-state index < -0.39 is 5.60 Å². The van der Waals surface area contributed by atoms with E-state index in [1.54, 1.807) is 12.0 Å². The van der Waals surface area contributed by atoms with Gasteiger partial charge in [-0.1, -0.05) is 6.07 Å². The van der Waals surface area contributed by atoms with Gasteiger partial charge in [0, 0.05) is 33.1 Å². The van der Waals surface area contributed by atoms with Crippen molar-refractivity contribution in [3.63, 3.8) is 0 Å².